The van der Waals surface area contributed by atoms with Crippen LogP contribution in [0, 0.1) is 0 Å². The van der Waals surface area contributed by atoms with Crippen LogP contribution in [-0.4, -0.2) is 26.7 Å². The van der Waals surface area contributed by atoms with E-state index in [9.17, 15) is 0 Å². The Morgan fingerprint density at radius 1 is 0.526 bits per heavy atom. The molecule has 0 aliphatic rings. The number of benzene rings is 2. The van der Waals surface area contributed by atoms with E-state index in [0.29, 0.717) is 0 Å². The van der Waals surface area contributed by atoms with Gasteiger partial charge in [0.2, 0.25) is 0 Å². The molecule has 0 bridgehead atoms. The van der Waals surface area contributed by atoms with Crippen LogP contribution in [0.4, 0.5) is 0 Å². The summed E-state index contributed by atoms with van der Waals surface area (Å²) in [5.41, 5.74) is 0. The van der Waals surface area contributed by atoms with Crippen LogP contribution in [0.3, 0.4) is 0 Å². The quantitative estimate of drug-likeness (QED) is 0.546. The molecule has 0 nitrogen and oxygen atoms in total. The third-order valence-electron chi connectivity index (χ3n) is 2.55. The molecule has 0 amide bonds. The summed E-state index contributed by atoms with van der Waals surface area (Å²) in [5.74, 6) is 0. The van der Waals surface area contributed by atoms with E-state index in [1.54, 1.807) is 0 Å². The summed E-state index contributed by atoms with van der Waals surface area (Å²) in [6, 6.07) is 21.2. The van der Waals surface area contributed by atoms with Crippen LogP contribution in [0.2, 0.25) is 0 Å². The molecule has 2 rings (SSSR count). The third kappa shape index (κ3) is 7.94. The molecule has 0 atom stereocenters. The minimum atomic E-state index is 0. The van der Waals surface area contributed by atoms with Crippen molar-refractivity contribution in [1.29, 1.82) is 0 Å². The second-order valence-corrected chi connectivity index (χ2v) is 9.07. The van der Waals surface area contributed by atoms with E-state index < -0.39 is 0 Å². The number of rotatable bonds is 2. The monoisotopic (exact) mass is 378 g/mol. The van der Waals surface area contributed by atoms with E-state index in [-0.39, 0.29) is 35.3 Å². The van der Waals surface area contributed by atoms with Gasteiger partial charge in [0.15, 0.2) is 0 Å². The molecule has 0 aliphatic heterocycles. The summed E-state index contributed by atoms with van der Waals surface area (Å²) >= 11 is 0. The first-order chi connectivity index (χ1) is 8.61. The van der Waals surface area contributed by atoms with Gasteiger partial charge in [0, 0.05) is 19.5 Å². The van der Waals surface area contributed by atoms with Crippen molar-refractivity contribution in [3.05, 3.63) is 60.7 Å². The summed E-state index contributed by atoms with van der Waals surface area (Å²) in [6.07, 6.45) is 0. The van der Waals surface area contributed by atoms with Crippen LogP contribution in [-0.2, 0) is 19.5 Å². The van der Waals surface area contributed by atoms with Crippen LogP contribution in [0.15, 0.2) is 60.7 Å². The number of hydrogen-bond donors (Lipinski definition) is 0. The zero-order valence-corrected chi connectivity index (χ0v) is 15.5. The fraction of sp³-hybridized carbons (Fsp3) is 0.250. The van der Waals surface area contributed by atoms with Crippen molar-refractivity contribution in [3.8, 4) is 0 Å². The number of hydrogen-bond acceptors (Lipinski definition) is 0. The van der Waals surface area contributed by atoms with Gasteiger partial charge in [-0.3, -0.25) is 0 Å². The van der Waals surface area contributed by atoms with Gasteiger partial charge in [0.05, 0.1) is 0 Å². The summed E-state index contributed by atoms with van der Waals surface area (Å²) in [6.45, 7) is 9.07. The SMILES string of the molecule is CP(C)c1ccccc1.CP(C)c1ccccc1.[Ru]. The van der Waals surface area contributed by atoms with Crippen molar-refractivity contribution in [2.24, 2.45) is 0 Å². The second-order valence-electron chi connectivity index (χ2n) is 4.46. The predicted octanol–water partition coefficient (Wildman–Crippen LogP) is 4.10. The molecule has 0 aromatic heterocycles. The van der Waals surface area contributed by atoms with E-state index in [4.69, 9.17) is 0 Å². The maximum absolute atomic E-state index is 2.27. The molecular weight excluding hydrogens is 355 g/mol. The molecular formula is C16H22P2Ru. The molecule has 0 saturated heterocycles. The van der Waals surface area contributed by atoms with E-state index in [1.807, 2.05) is 0 Å². The predicted molar refractivity (Wildman–Crippen MR) is 89.7 cm³/mol. The topological polar surface area (TPSA) is 0 Å². The van der Waals surface area contributed by atoms with E-state index >= 15 is 0 Å². The van der Waals surface area contributed by atoms with Crippen LogP contribution in [0.1, 0.15) is 0 Å². The largest absolute Gasteiger partial charge is 0.0817 e. The molecule has 0 fully saturated rings. The zero-order chi connectivity index (χ0) is 13.4. The average Bonchev–Trinajstić information content (AvgIpc) is 2.41. The van der Waals surface area contributed by atoms with Crippen molar-refractivity contribution in [2.75, 3.05) is 26.7 Å². The summed E-state index contributed by atoms with van der Waals surface area (Å²) in [5, 5.41) is 2.96. The molecule has 2 aromatic carbocycles. The normalized spacial score (nSPS) is 9.58. The molecule has 2 aromatic rings. The van der Waals surface area contributed by atoms with Gasteiger partial charge < -0.3 is 0 Å². The Balaban J connectivity index is 0.000000324. The van der Waals surface area contributed by atoms with Crippen molar-refractivity contribution in [1.82, 2.24) is 0 Å². The van der Waals surface area contributed by atoms with Gasteiger partial charge in [-0.2, -0.15) is 0 Å². The minimum absolute atomic E-state index is 0. The first-order valence-corrected chi connectivity index (χ1v) is 10.5. The van der Waals surface area contributed by atoms with Gasteiger partial charge in [-0.05, 0) is 37.3 Å². The maximum Gasteiger partial charge on any atom is 0 e. The molecule has 0 N–H and O–H groups in total. The van der Waals surface area contributed by atoms with Crippen molar-refractivity contribution >= 4 is 26.5 Å². The van der Waals surface area contributed by atoms with Gasteiger partial charge in [-0.1, -0.05) is 76.5 Å². The van der Waals surface area contributed by atoms with Crippen LogP contribution < -0.4 is 10.6 Å². The van der Waals surface area contributed by atoms with Gasteiger partial charge in [-0.25, -0.2) is 0 Å². The Morgan fingerprint density at radius 3 is 0.947 bits per heavy atom. The molecule has 104 valence electrons. The average molecular weight is 377 g/mol. The molecule has 0 unspecified atom stereocenters. The first-order valence-electron chi connectivity index (χ1n) is 6.06. The molecule has 19 heavy (non-hydrogen) atoms. The summed E-state index contributed by atoms with van der Waals surface area (Å²) < 4.78 is 0. The van der Waals surface area contributed by atoms with Crippen molar-refractivity contribution in [3.63, 3.8) is 0 Å². The Morgan fingerprint density at radius 2 is 0.789 bits per heavy atom. The minimum Gasteiger partial charge on any atom is -0.0817 e. The standard InChI is InChI=1S/2C8H11P.Ru/c2*1-9(2)8-6-4-3-5-7-8;/h2*3-7H,1-2H3;. The third-order valence-corrected chi connectivity index (χ3v) is 5.21. The smallest absolute Gasteiger partial charge is 0 e. The maximum atomic E-state index is 2.27. The van der Waals surface area contributed by atoms with Gasteiger partial charge >= 0.3 is 0 Å². The Hall–Kier alpha value is -0.0766. The van der Waals surface area contributed by atoms with Gasteiger partial charge in [-0.15, -0.1) is 0 Å². The molecule has 3 heteroatoms. The van der Waals surface area contributed by atoms with Crippen LogP contribution >= 0.6 is 15.8 Å². The van der Waals surface area contributed by atoms with E-state index in [0.717, 1.165) is 0 Å². The fourth-order valence-corrected chi connectivity index (χ4v) is 2.99. The van der Waals surface area contributed by atoms with Gasteiger partial charge in [0.1, 0.15) is 0 Å². The fourth-order valence-electron chi connectivity index (χ4n) is 1.45. The van der Waals surface area contributed by atoms with E-state index in [2.05, 4.69) is 87.3 Å². The zero-order valence-electron chi connectivity index (χ0n) is 12.0. The second kappa shape index (κ2) is 10.7. The van der Waals surface area contributed by atoms with Crippen molar-refractivity contribution in [2.45, 2.75) is 0 Å². The van der Waals surface area contributed by atoms with Crippen LogP contribution in [0.5, 0.6) is 0 Å². The van der Waals surface area contributed by atoms with Crippen molar-refractivity contribution < 1.29 is 19.5 Å². The Bertz CT molecular complexity index is 384. The Labute approximate surface area is 133 Å². The summed E-state index contributed by atoms with van der Waals surface area (Å²) in [7, 11) is 0.209. The van der Waals surface area contributed by atoms with Crippen LogP contribution in [0.25, 0.3) is 0 Å². The summed E-state index contributed by atoms with van der Waals surface area (Å²) in [4.78, 5) is 0. The van der Waals surface area contributed by atoms with E-state index in [1.165, 1.54) is 10.6 Å². The molecule has 0 radical (unpaired) electrons. The molecule has 0 saturated carbocycles. The first kappa shape index (κ1) is 18.9. The Kier molecular flexibility index (Phi) is 10.6. The molecule has 0 heterocycles. The van der Waals surface area contributed by atoms with Gasteiger partial charge in [0.25, 0.3) is 0 Å². The molecule has 0 spiro atoms. The molecule has 0 aliphatic carbocycles.